The molecule has 0 saturated carbocycles. The molecule has 0 aliphatic carbocycles. The minimum Gasteiger partial charge on any atom is -0.384 e. The fourth-order valence-corrected chi connectivity index (χ4v) is 2.45. The lowest BCUT2D eigenvalue weighted by Crippen LogP contribution is -2.45. The molecule has 2 N–H and O–H groups in total. The number of nitrogens with one attached hydrogen (secondary N) is 1. The van der Waals surface area contributed by atoms with Gasteiger partial charge in [0.2, 0.25) is 0 Å². The van der Waals surface area contributed by atoms with Crippen LogP contribution >= 0.6 is 11.3 Å². The molecule has 0 unspecified atom stereocenters. The maximum Gasteiger partial charge on any atom is 0.1000 e. The summed E-state index contributed by atoms with van der Waals surface area (Å²) < 4.78 is 5.18. The Kier molecular flexibility index (Phi) is 5.59. The Labute approximate surface area is 108 Å². The molecule has 0 saturated heterocycles. The molecule has 0 fully saturated rings. The minimum atomic E-state index is -0.819. The van der Waals surface area contributed by atoms with Crippen molar-refractivity contribution in [3.05, 3.63) is 22.4 Å². The van der Waals surface area contributed by atoms with E-state index in [0.717, 1.165) is 5.56 Å². The van der Waals surface area contributed by atoms with Gasteiger partial charge in [-0.2, -0.15) is 11.3 Å². The van der Waals surface area contributed by atoms with Gasteiger partial charge in [-0.25, -0.2) is 0 Å². The van der Waals surface area contributed by atoms with Crippen molar-refractivity contribution >= 4 is 11.3 Å². The Balaban J connectivity index is 2.53. The number of aliphatic hydroxyl groups is 1. The maximum absolute atomic E-state index is 10.4. The van der Waals surface area contributed by atoms with Gasteiger partial charge in [0.15, 0.2) is 0 Å². The first-order valence-electron chi connectivity index (χ1n) is 5.94. The maximum atomic E-state index is 10.4. The highest BCUT2D eigenvalue weighted by Crippen LogP contribution is 2.22. The largest absolute Gasteiger partial charge is 0.384 e. The molecule has 1 rings (SSSR count). The van der Waals surface area contributed by atoms with E-state index in [-0.39, 0.29) is 6.04 Å². The van der Waals surface area contributed by atoms with Crippen molar-refractivity contribution in [1.82, 2.24) is 5.32 Å². The summed E-state index contributed by atoms with van der Waals surface area (Å²) in [5.41, 5.74) is 0.149. The number of rotatable bonds is 7. The van der Waals surface area contributed by atoms with Crippen LogP contribution in [0.3, 0.4) is 0 Å². The van der Waals surface area contributed by atoms with E-state index in [2.05, 4.69) is 19.2 Å². The number of hydrogen-bond acceptors (Lipinski definition) is 4. The van der Waals surface area contributed by atoms with Crippen molar-refractivity contribution in [1.29, 1.82) is 0 Å². The number of ether oxygens (including phenoxy) is 1. The summed E-state index contributed by atoms with van der Waals surface area (Å²) in [7, 11) is 1.70. The highest BCUT2D eigenvalue weighted by molar-refractivity contribution is 7.08. The van der Waals surface area contributed by atoms with Gasteiger partial charge in [0.05, 0.1) is 12.2 Å². The highest BCUT2D eigenvalue weighted by atomic mass is 32.1. The summed E-state index contributed by atoms with van der Waals surface area (Å²) in [5.74, 6) is 0.480. The molecule has 0 amide bonds. The minimum absolute atomic E-state index is 0.269. The van der Waals surface area contributed by atoms with Crippen LogP contribution in [0.15, 0.2) is 16.8 Å². The molecular formula is C13H23NO2S. The third-order valence-corrected chi connectivity index (χ3v) is 3.69. The quantitative estimate of drug-likeness (QED) is 0.787. The predicted molar refractivity (Wildman–Crippen MR) is 72.4 cm³/mol. The van der Waals surface area contributed by atoms with Gasteiger partial charge in [-0.3, -0.25) is 0 Å². The van der Waals surface area contributed by atoms with Gasteiger partial charge in [0.25, 0.3) is 0 Å². The van der Waals surface area contributed by atoms with Crippen LogP contribution in [0, 0.1) is 5.92 Å². The lowest BCUT2D eigenvalue weighted by atomic mass is 9.97. The molecule has 0 aliphatic heterocycles. The number of hydrogen-bond donors (Lipinski definition) is 2. The predicted octanol–water partition coefficient (Wildman–Crippen LogP) is 2.22. The van der Waals surface area contributed by atoms with Crippen LogP contribution < -0.4 is 5.32 Å². The Hall–Kier alpha value is -0.420. The number of thiophene rings is 1. The smallest absolute Gasteiger partial charge is 0.1000 e. The second kappa shape index (κ2) is 6.50. The Morgan fingerprint density at radius 1 is 1.53 bits per heavy atom. The van der Waals surface area contributed by atoms with Crippen molar-refractivity contribution in [2.75, 3.05) is 20.3 Å². The summed E-state index contributed by atoms with van der Waals surface area (Å²) >= 11 is 1.60. The zero-order valence-corrected chi connectivity index (χ0v) is 11.9. The second-order valence-electron chi connectivity index (χ2n) is 4.97. The number of methoxy groups -OCH3 is 1. The first-order chi connectivity index (χ1) is 7.97. The third-order valence-electron chi connectivity index (χ3n) is 3.00. The van der Waals surface area contributed by atoms with Gasteiger partial charge in [-0.1, -0.05) is 13.8 Å². The molecule has 0 spiro atoms. The van der Waals surface area contributed by atoms with Gasteiger partial charge < -0.3 is 15.2 Å². The first-order valence-corrected chi connectivity index (χ1v) is 6.89. The van der Waals surface area contributed by atoms with Crippen LogP contribution in [0.5, 0.6) is 0 Å². The molecule has 4 heteroatoms. The van der Waals surface area contributed by atoms with Gasteiger partial charge in [0.1, 0.15) is 0 Å². The van der Waals surface area contributed by atoms with Crippen LogP contribution in [0.4, 0.5) is 0 Å². The summed E-state index contributed by atoms with van der Waals surface area (Å²) in [5, 5.41) is 17.7. The normalized spacial score (nSPS) is 17.1. The van der Waals surface area contributed by atoms with Crippen LogP contribution in [-0.2, 0) is 10.3 Å². The standard InChI is InChI=1S/C13H23NO2S/c1-10(2)12(7-16-4)14-9-13(3,15)11-5-6-17-8-11/h5-6,8,10,12,14-15H,7,9H2,1-4H3/t12-,13+/m0/s1. The molecule has 1 heterocycles. The van der Waals surface area contributed by atoms with Crippen molar-refractivity contribution in [3.63, 3.8) is 0 Å². The second-order valence-corrected chi connectivity index (χ2v) is 5.75. The topological polar surface area (TPSA) is 41.5 Å². The molecule has 0 aliphatic rings. The van der Waals surface area contributed by atoms with Crippen LogP contribution in [0.1, 0.15) is 26.3 Å². The van der Waals surface area contributed by atoms with E-state index < -0.39 is 5.60 Å². The molecule has 0 radical (unpaired) electrons. The molecule has 0 bridgehead atoms. The molecule has 3 nitrogen and oxygen atoms in total. The summed E-state index contributed by atoms with van der Waals surface area (Å²) in [6.07, 6.45) is 0. The van der Waals surface area contributed by atoms with E-state index in [4.69, 9.17) is 4.74 Å². The Morgan fingerprint density at radius 2 is 2.24 bits per heavy atom. The third kappa shape index (κ3) is 4.39. The van der Waals surface area contributed by atoms with E-state index in [0.29, 0.717) is 19.1 Å². The van der Waals surface area contributed by atoms with Crippen molar-refractivity contribution < 1.29 is 9.84 Å². The SMILES string of the molecule is COC[C@H](NC[C@@](C)(O)c1ccsc1)C(C)C. The molecule has 1 aromatic heterocycles. The van der Waals surface area contributed by atoms with Crippen LogP contribution in [0.2, 0.25) is 0 Å². The fraction of sp³-hybridized carbons (Fsp3) is 0.692. The van der Waals surface area contributed by atoms with Gasteiger partial charge >= 0.3 is 0 Å². The molecule has 0 aromatic carbocycles. The average Bonchev–Trinajstić information content (AvgIpc) is 2.77. The summed E-state index contributed by atoms with van der Waals surface area (Å²) in [4.78, 5) is 0. The average molecular weight is 257 g/mol. The van der Waals surface area contributed by atoms with Gasteiger partial charge in [-0.15, -0.1) is 0 Å². The van der Waals surface area contributed by atoms with E-state index in [1.165, 1.54) is 0 Å². The van der Waals surface area contributed by atoms with Crippen molar-refractivity contribution in [2.24, 2.45) is 5.92 Å². The Bertz CT molecular complexity index is 309. The highest BCUT2D eigenvalue weighted by Gasteiger charge is 2.25. The van der Waals surface area contributed by atoms with Crippen molar-refractivity contribution in [2.45, 2.75) is 32.4 Å². The van der Waals surface area contributed by atoms with E-state index in [1.807, 2.05) is 23.8 Å². The fourth-order valence-electron chi connectivity index (χ4n) is 1.67. The molecule has 17 heavy (non-hydrogen) atoms. The van der Waals surface area contributed by atoms with E-state index in [1.54, 1.807) is 18.4 Å². The zero-order chi connectivity index (χ0) is 12.9. The summed E-state index contributed by atoms with van der Waals surface area (Å²) in [6, 6.07) is 2.23. The first kappa shape index (κ1) is 14.6. The zero-order valence-electron chi connectivity index (χ0n) is 11.1. The molecule has 98 valence electrons. The van der Waals surface area contributed by atoms with Crippen LogP contribution in [0.25, 0.3) is 0 Å². The van der Waals surface area contributed by atoms with Crippen LogP contribution in [-0.4, -0.2) is 31.4 Å². The van der Waals surface area contributed by atoms with E-state index >= 15 is 0 Å². The molecular weight excluding hydrogens is 234 g/mol. The molecule has 2 atom stereocenters. The Morgan fingerprint density at radius 3 is 2.71 bits per heavy atom. The summed E-state index contributed by atoms with van der Waals surface area (Å²) in [6.45, 7) is 7.34. The molecule has 1 aromatic rings. The monoisotopic (exact) mass is 257 g/mol. The van der Waals surface area contributed by atoms with E-state index in [9.17, 15) is 5.11 Å². The lowest BCUT2D eigenvalue weighted by molar-refractivity contribution is 0.0456. The van der Waals surface area contributed by atoms with Gasteiger partial charge in [-0.05, 0) is 35.2 Å². The van der Waals surface area contributed by atoms with Gasteiger partial charge in [0, 0.05) is 19.7 Å². The lowest BCUT2D eigenvalue weighted by Gasteiger charge is -2.28. The van der Waals surface area contributed by atoms with Crippen molar-refractivity contribution in [3.8, 4) is 0 Å².